The molecule has 28 heavy (non-hydrogen) atoms. The first-order valence-corrected chi connectivity index (χ1v) is 9.98. The van der Waals surface area contributed by atoms with Gasteiger partial charge >= 0.3 is 0 Å². The largest absolute Gasteiger partial charge is 0.446 e. The van der Waals surface area contributed by atoms with E-state index in [0.717, 1.165) is 25.7 Å². The number of hydrogen-bond donors (Lipinski definition) is 1. The summed E-state index contributed by atoms with van der Waals surface area (Å²) in [4.78, 5) is 31.3. The highest BCUT2D eigenvalue weighted by Crippen LogP contribution is 2.30. The lowest BCUT2D eigenvalue weighted by Gasteiger charge is -2.22. The zero-order chi connectivity index (χ0) is 19.9. The molecule has 0 unspecified atom stereocenters. The Labute approximate surface area is 165 Å². The molecule has 1 aromatic heterocycles. The number of rotatable bonds is 6. The number of amides is 2. The Balaban J connectivity index is 1.46. The van der Waals surface area contributed by atoms with Gasteiger partial charge < -0.3 is 14.6 Å². The van der Waals surface area contributed by atoms with Crippen LogP contribution in [0.3, 0.4) is 0 Å². The molecule has 6 heteroatoms. The van der Waals surface area contributed by atoms with Crippen LogP contribution in [0.5, 0.6) is 0 Å². The molecular weight excluding hydrogens is 354 g/mol. The standard InChI is InChI=1S/C22H27N3O3/c1-22(2,3)15-6-4-14(5-7-15)21(27)25(17-10-11-17)12-19-24-18(13-28-19)20(26)23-16-8-9-16/h4-7,13,16-17H,8-12H2,1-3H3,(H,23,26). The highest BCUT2D eigenvalue weighted by atomic mass is 16.3. The van der Waals surface area contributed by atoms with Gasteiger partial charge in [0.15, 0.2) is 5.69 Å². The third-order valence-electron chi connectivity index (χ3n) is 5.25. The molecule has 2 amide bonds. The van der Waals surface area contributed by atoms with Crippen molar-refractivity contribution in [1.82, 2.24) is 15.2 Å². The van der Waals surface area contributed by atoms with Crippen molar-refractivity contribution in [1.29, 1.82) is 0 Å². The monoisotopic (exact) mass is 381 g/mol. The normalized spacial score (nSPS) is 16.7. The van der Waals surface area contributed by atoms with Crippen LogP contribution < -0.4 is 5.32 Å². The molecule has 148 valence electrons. The average Bonchev–Trinajstić information content (AvgIpc) is 3.59. The van der Waals surface area contributed by atoms with Crippen molar-refractivity contribution < 1.29 is 14.0 Å². The predicted octanol–water partition coefficient (Wildman–Crippen LogP) is 3.67. The van der Waals surface area contributed by atoms with Gasteiger partial charge in [0.25, 0.3) is 11.8 Å². The minimum Gasteiger partial charge on any atom is -0.446 e. The molecular formula is C22H27N3O3. The maximum atomic E-state index is 13.1. The molecule has 2 aliphatic carbocycles. The van der Waals surface area contributed by atoms with Gasteiger partial charge in [-0.15, -0.1) is 0 Å². The lowest BCUT2D eigenvalue weighted by molar-refractivity contribution is 0.0714. The molecule has 6 nitrogen and oxygen atoms in total. The number of nitrogens with zero attached hydrogens (tertiary/aromatic N) is 2. The predicted molar refractivity (Wildman–Crippen MR) is 105 cm³/mol. The van der Waals surface area contributed by atoms with Crippen molar-refractivity contribution in [2.24, 2.45) is 0 Å². The van der Waals surface area contributed by atoms with Crippen LogP contribution in [0.2, 0.25) is 0 Å². The highest BCUT2D eigenvalue weighted by Gasteiger charge is 2.34. The zero-order valence-electron chi connectivity index (χ0n) is 16.7. The first kappa shape index (κ1) is 18.7. The summed E-state index contributed by atoms with van der Waals surface area (Å²) in [6.07, 6.45) is 5.40. The summed E-state index contributed by atoms with van der Waals surface area (Å²) in [5.74, 6) is 0.164. The molecule has 1 aromatic carbocycles. The van der Waals surface area contributed by atoms with E-state index in [1.54, 1.807) is 4.90 Å². The SMILES string of the molecule is CC(C)(C)c1ccc(C(=O)N(Cc2nc(C(=O)NC3CC3)co2)C2CC2)cc1. The molecule has 4 rings (SSSR count). The number of carbonyl (C=O) groups excluding carboxylic acids is 2. The average molecular weight is 381 g/mol. The van der Waals surface area contributed by atoms with Crippen LogP contribution in [0.25, 0.3) is 0 Å². The molecule has 0 aliphatic heterocycles. The quantitative estimate of drug-likeness (QED) is 0.828. The summed E-state index contributed by atoms with van der Waals surface area (Å²) in [6, 6.07) is 8.30. The van der Waals surface area contributed by atoms with Crippen molar-refractivity contribution in [3.05, 3.63) is 53.2 Å². The second-order valence-corrected chi connectivity index (χ2v) is 8.87. The van der Waals surface area contributed by atoms with E-state index < -0.39 is 0 Å². The molecule has 1 N–H and O–H groups in total. The van der Waals surface area contributed by atoms with Crippen molar-refractivity contribution in [2.45, 2.75) is 70.5 Å². The molecule has 0 radical (unpaired) electrons. The van der Waals surface area contributed by atoms with Crippen LogP contribution in [0.4, 0.5) is 0 Å². The van der Waals surface area contributed by atoms with Gasteiger partial charge in [-0.1, -0.05) is 32.9 Å². The minimum atomic E-state index is -0.209. The van der Waals surface area contributed by atoms with E-state index in [2.05, 4.69) is 31.1 Å². The number of benzene rings is 1. The van der Waals surface area contributed by atoms with Gasteiger partial charge in [-0.25, -0.2) is 4.98 Å². The fourth-order valence-corrected chi connectivity index (χ4v) is 3.15. The van der Waals surface area contributed by atoms with Crippen LogP contribution in [0, 0.1) is 0 Å². The lowest BCUT2D eigenvalue weighted by atomic mass is 9.86. The van der Waals surface area contributed by atoms with Crippen LogP contribution in [0.1, 0.15) is 78.8 Å². The third-order valence-corrected chi connectivity index (χ3v) is 5.25. The second-order valence-electron chi connectivity index (χ2n) is 8.87. The maximum Gasteiger partial charge on any atom is 0.273 e. The van der Waals surface area contributed by atoms with E-state index in [1.807, 2.05) is 24.3 Å². The van der Waals surface area contributed by atoms with E-state index in [0.29, 0.717) is 11.5 Å². The van der Waals surface area contributed by atoms with Crippen LogP contribution in [-0.4, -0.2) is 33.8 Å². The van der Waals surface area contributed by atoms with Gasteiger partial charge in [0, 0.05) is 17.6 Å². The van der Waals surface area contributed by atoms with Crippen LogP contribution >= 0.6 is 0 Å². The van der Waals surface area contributed by atoms with Gasteiger partial charge in [0.05, 0.1) is 6.54 Å². The topological polar surface area (TPSA) is 75.4 Å². The Hall–Kier alpha value is -2.63. The molecule has 2 aliphatic rings. The molecule has 1 heterocycles. The molecule has 2 fully saturated rings. The molecule has 0 bridgehead atoms. The highest BCUT2D eigenvalue weighted by molar-refractivity contribution is 5.94. The Morgan fingerprint density at radius 2 is 1.82 bits per heavy atom. The molecule has 0 atom stereocenters. The summed E-state index contributed by atoms with van der Waals surface area (Å²) in [7, 11) is 0. The van der Waals surface area contributed by atoms with Gasteiger partial charge in [0.1, 0.15) is 6.26 Å². The molecule has 0 spiro atoms. The number of oxazole rings is 1. The summed E-state index contributed by atoms with van der Waals surface area (Å²) < 4.78 is 5.48. The molecule has 2 aromatic rings. The van der Waals surface area contributed by atoms with E-state index in [1.165, 1.54) is 11.8 Å². The van der Waals surface area contributed by atoms with Crippen molar-refractivity contribution >= 4 is 11.8 Å². The Bertz CT molecular complexity index is 871. The van der Waals surface area contributed by atoms with Crippen LogP contribution in [0.15, 0.2) is 34.9 Å². The fourth-order valence-electron chi connectivity index (χ4n) is 3.15. The van der Waals surface area contributed by atoms with Gasteiger partial charge in [0.2, 0.25) is 5.89 Å². The fraction of sp³-hybridized carbons (Fsp3) is 0.500. The number of nitrogens with one attached hydrogen (secondary N) is 1. The van der Waals surface area contributed by atoms with Crippen molar-refractivity contribution in [2.75, 3.05) is 0 Å². The summed E-state index contributed by atoms with van der Waals surface area (Å²) in [5, 5.41) is 2.90. The maximum absolute atomic E-state index is 13.1. The van der Waals surface area contributed by atoms with E-state index in [9.17, 15) is 9.59 Å². The Morgan fingerprint density at radius 1 is 1.14 bits per heavy atom. The first-order valence-electron chi connectivity index (χ1n) is 9.98. The summed E-state index contributed by atoms with van der Waals surface area (Å²) in [5.41, 5.74) is 2.19. The second kappa shape index (κ2) is 7.08. The number of aromatic nitrogens is 1. The lowest BCUT2D eigenvalue weighted by Crippen LogP contribution is -2.33. The van der Waals surface area contributed by atoms with Gasteiger partial charge in [-0.3, -0.25) is 9.59 Å². The zero-order valence-corrected chi connectivity index (χ0v) is 16.7. The summed E-state index contributed by atoms with van der Waals surface area (Å²) >= 11 is 0. The minimum absolute atomic E-state index is 0.0230. The van der Waals surface area contributed by atoms with Crippen molar-refractivity contribution in [3.63, 3.8) is 0 Å². The van der Waals surface area contributed by atoms with E-state index >= 15 is 0 Å². The van der Waals surface area contributed by atoms with E-state index in [-0.39, 0.29) is 41.6 Å². The summed E-state index contributed by atoms with van der Waals surface area (Å²) in [6.45, 7) is 6.74. The Kier molecular flexibility index (Phi) is 4.73. The van der Waals surface area contributed by atoms with Gasteiger partial charge in [-0.05, 0) is 48.8 Å². The molecule has 0 saturated heterocycles. The third kappa shape index (κ3) is 4.26. The smallest absolute Gasteiger partial charge is 0.273 e. The Morgan fingerprint density at radius 3 is 2.39 bits per heavy atom. The number of carbonyl (C=O) groups is 2. The van der Waals surface area contributed by atoms with E-state index in [4.69, 9.17) is 4.42 Å². The van der Waals surface area contributed by atoms with Crippen LogP contribution in [-0.2, 0) is 12.0 Å². The molecule has 2 saturated carbocycles. The number of hydrogen-bond acceptors (Lipinski definition) is 4. The first-order chi connectivity index (χ1) is 13.3. The van der Waals surface area contributed by atoms with Gasteiger partial charge in [-0.2, -0.15) is 0 Å². The van der Waals surface area contributed by atoms with Crippen molar-refractivity contribution in [3.8, 4) is 0 Å².